The number of pyridine rings is 1. The molecule has 1 aliphatic carbocycles. The lowest BCUT2D eigenvalue weighted by atomic mass is 10.1. The van der Waals surface area contributed by atoms with Crippen LogP contribution in [0.4, 0.5) is 5.82 Å². The number of aliphatic hydroxyl groups excluding tert-OH is 1. The van der Waals surface area contributed by atoms with E-state index in [-0.39, 0.29) is 11.8 Å². The van der Waals surface area contributed by atoms with Gasteiger partial charge in [0, 0.05) is 36.5 Å². The van der Waals surface area contributed by atoms with Gasteiger partial charge in [-0.15, -0.1) is 0 Å². The molecule has 2 aliphatic rings. The minimum Gasteiger partial charge on any atom is -0.475 e. The summed E-state index contributed by atoms with van der Waals surface area (Å²) < 4.78 is 17.2. The lowest BCUT2D eigenvalue weighted by molar-refractivity contribution is -0.165. The van der Waals surface area contributed by atoms with E-state index in [4.69, 9.17) is 24.2 Å². The number of hydrogen-bond donors (Lipinski definition) is 2. The number of nitrogens with one attached hydrogen (secondary N) is 1. The van der Waals surface area contributed by atoms with Gasteiger partial charge in [0.25, 0.3) is 0 Å². The van der Waals surface area contributed by atoms with Gasteiger partial charge in [0.05, 0.1) is 13.2 Å². The topological polar surface area (TPSA) is 102 Å². The SMILES string of the molecule is CN(CC(O)NC(C)(C)C)c1nc(-c2cccc(OCCOC3CCCCO3)n2)nc2c1CCC2. The van der Waals surface area contributed by atoms with Crippen molar-refractivity contribution in [2.24, 2.45) is 0 Å². The Kier molecular flexibility index (Phi) is 8.54. The Bertz CT molecular complexity index is 975. The van der Waals surface area contributed by atoms with E-state index >= 15 is 0 Å². The summed E-state index contributed by atoms with van der Waals surface area (Å²) in [5.74, 6) is 1.94. The molecule has 1 aliphatic heterocycles. The number of aliphatic hydroxyl groups is 1. The van der Waals surface area contributed by atoms with E-state index in [9.17, 15) is 5.11 Å². The van der Waals surface area contributed by atoms with Gasteiger partial charge >= 0.3 is 0 Å². The van der Waals surface area contributed by atoms with Gasteiger partial charge in [-0.1, -0.05) is 6.07 Å². The molecule has 192 valence electrons. The summed E-state index contributed by atoms with van der Waals surface area (Å²) in [5.41, 5.74) is 2.70. The molecule has 9 nitrogen and oxygen atoms in total. The Morgan fingerprint density at radius 2 is 2.00 bits per heavy atom. The zero-order valence-corrected chi connectivity index (χ0v) is 21.4. The predicted molar refractivity (Wildman–Crippen MR) is 134 cm³/mol. The molecule has 2 aromatic heterocycles. The summed E-state index contributed by atoms with van der Waals surface area (Å²) in [6.07, 6.45) is 5.29. The monoisotopic (exact) mass is 485 g/mol. The Morgan fingerprint density at radius 1 is 1.14 bits per heavy atom. The van der Waals surface area contributed by atoms with Gasteiger partial charge in [-0.2, -0.15) is 0 Å². The summed E-state index contributed by atoms with van der Waals surface area (Å²) >= 11 is 0. The average Bonchev–Trinajstić information content (AvgIpc) is 3.29. The smallest absolute Gasteiger partial charge is 0.213 e. The summed E-state index contributed by atoms with van der Waals surface area (Å²) in [5, 5.41) is 13.7. The van der Waals surface area contributed by atoms with Crippen LogP contribution < -0.4 is 15.0 Å². The number of hydrogen-bond acceptors (Lipinski definition) is 9. The highest BCUT2D eigenvalue weighted by atomic mass is 16.7. The highest BCUT2D eigenvalue weighted by molar-refractivity contribution is 5.59. The Labute approximate surface area is 208 Å². The number of aryl methyl sites for hydroxylation is 1. The van der Waals surface area contributed by atoms with Gasteiger partial charge in [-0.05, 0) is 65.4 Å². The molecule has 2 N–H and O–H groups in total. The molecule has 2 atom stereocenters. The predicted octanol–water partition coefficient (Wildman–Crippen LogP) is 3.09. The maximum atomic E-state index is 10.5. The minimum atomic E-state index is -0.674. The Morgan fingerprint density at radius 3 is 2.77 bits per heavy atom. The van der Waals surface area contributed by atoms with Gasteiger partial charge in [0.15, 0.2) is 12.1 Å². The van der Waals surface area contributed by atoms with Crippen molar-refractivity contribution < 1.29 is 19.3 Å². The van der Waals surface area contributed by atoms with Crippen molar-refractivity contribution in [2.75, 3.05) is 38.3 Å². The van der Waals surface area contributed by atoms with E-state index in [0.717, 1.165) is 62.2 Å². The molecule has 1 saturated heterocycles. The van der Waals surface area contributed by atoms with Crippen molar-refractivity contribution in [2.45, 2.75) is 77.4 Å². The van der Waals surface area contributed by atoms with Gasteiger partial charge in [0.2, 0.25) is 5.88 Å². The van der Waals surface area contributed by atoms with Crippen molar-refractivity contribution in [1.82, 2.24) is 20.3 Å². The van der Waals surface area contributed by atoms with Crippen LogP contribution in [0, 0.1) is 0 Å². The van der Waals surface area contributed by atoms with Crippen LogP contribution in [0.5, 0.6) is 5.88 Å². The van der Waals surface area contributed by atoms with Crippen LogP contribution in [-0.2, 0) is 22.3 Å². The zero-order valence-electron chi connectivity index (χ0n) is 21.4. The van der Waals surface area contributed by atoms with Crippen LogP contribution in [0.15, 0.2) is 18.2 Å². The second-order valence-corrected chi connectivity index (χ2v) is 10.3. The number of rotatable bonds is 10. The van der Waals surface area contributed by atoms with Crippen LogP contribution in [0.1, 0.15) is 57.7 Å². The lowest BCUT2D eigenvalue weighted by Gasteiger charge is -2.29. The third kappa shape index (κ3) is 7.33. The fourth-order valence-corrected chi connectivity index (χ4v) is 4.52. The van der Waals surface area contributed by atoms with E-state index in [0.29, 0.717) is 37.2 Å². The summed E-state index contributed by atoms with van der Waals surface area (Å²) in [7, 11) is 1.96. The molecule has 3 heterocycles. The molecule has 0 radical (unpaired) electrons. The van der Waals surface area contributed by atoms with Crippen molar-refractivity contribution in [3.63, 3.8) is 0 Å². The van der Waals surface area contributed by atoms with Crippen molar-refractivity contribution in [1.29, 1.82) is 0 Å². The third-order valence-electron chi connectivity index (χ3n) is 6.05. The Hall–Kier alpha value is -2.33. The van der Waals surface area contributed by atoms with Crippen molar-refractivity contribution in [3.05, 3.63) is 29.5 Å². The summed E-state index contributed by atoms with van der Waals surface area (Å²) in [6.45, 7) is 8.13. The molecule has 0 saturated carbocycles. The highest BCUT2D eigenvalue weighted by Crippen LogP contribution is 2.31. The lowest BCUT2D eigenvalue weighted by Crippen LogP contribution is -2.48. The molecule has 2 aromatic rings. The van der Waals surface area contributed by atoms with E-state index in [1.165, 1.54) is 0 Å². The molecule has 0 aromatic carbocycles. The maximum Gasteiger partial charge on any atom is 0.213 e. The van der Waals surface area contributed by atoms with Gasteiger partial charge in [0.1, 0.15) is 24.3 Å². The highest BCUT2D eigenvalue weighted by Gasteiger charge is 2.24. The van der Waals surface area contributed by atoms with Crippen molar-refractivity contribution in [3.8, 4) is 17.4 Å². The molecule has 35 heavy (non-hydrogen) atoms. The molecular weight excluding hydrogens is 446 g/mol. The zero-order chi connectivity index (χ0) is 24.8. The van der Waals surface area contributed by atoms with E-state index in [1.807, 2.05) is 50.9 Å². The van der Waals surface area contributed by atoms with E-state index in [2.05, 4.69) is 10.3 Å². The molecule has 9 heteroatoms. The van der Waals surface area contributed by atoms with Gasteiger partial charge < -0.3 is 24.2 Å². The van der Waals surface area contributed by atoms with Crippen LogP contribution in [0.3, 0.4) is 0 Å². The van der Waals surface area contributed by atoms with Crippen molar-refractivity contribution >= 4 is 5.82 Å². The molecule has 2 unspecified atom stereocenters. The minimum absolute atomic E-state index is 0.126. The molecule has 4 rings (SSSR count). The quantitative estimate of drug-likeness (QED) is 0.388. The second kappa shape index (κ2) is 11.6. The first-order valence-electron chi connectivity index (χ1n) is 12.7. The number of aromatic nitrogens is 3. The molecule has 0 bridgehead atoms. The summed E-state index contributed by atoms with van der Waals surface area (Å²) in [4.78, 5) is 16.4. The second-order valence-electron chi connectivity index (χ2n) is 10.3. The van der Waals surface area contributed by atoms with E-state index in [1.54, 1.807) is 0 Å². The molecule has 0 amide bonds. The fraction of sp³-hybridized carbons (Fsp3) is 0.654. The van der Waals surface area contributed by atoms with Gasteiger partial charge in [-0.3, -0.25) is 5.32 Å². The first-order chi connectivity index (χ1) is 16.8. The Balaban J connectivity index is 1.43. The van der Waals surface area contributed by atoms with Crippen LogP contribution in [0.2, 0.25) is 0 Å². The first-order valence-corrected chi connectivity index (χ1v) is 12.7. The maximum absolute atomic E-state index is 10.5. The normalized spacial score (nSPS) is 18.8. The number of ether oxygens (including phenoxy) is 3. The number of fused-ring (bicyclic) bond motifs is 1. The largest absolute Gasteiger partial charge is 0.475 e. The first kappa shape index (κ1) is 25.8. The fourth-order valence-electron chi connectivity index (χ4n) is 4.52. The third-order valence-corrected chi connectivity index (χ3v) is 6.05. The van der Waals surface area contributed by atoms with Crippen LogP contribution in [-0.4, -0.2) is 71.5 Å². The number of anilines is 1. The van der Waals surface area contributed by atoms with Crippen LogP contribution >= 0.6 is 0 Å². The van der Waals surface area contributed by atoms with E-state index < -0.39 is 6.23 Å². The van der Waals surface area contributed by atoms with Gasteiger partial charge in [-0.25, -0.2) is 15.0 Å². The number of nitrogens with zero attached hydrogens (tertiary/aromatic N) is 4. The standard InChI is InChI=1S/C26H39N5O4/c1-26(2,3)30-21(32)17-31(4)25-18-9-7-10-19(18)28-24(29-25)20-11-8-12-22(27-20)33-15-16-35-23-13-5-6-14-34-23/h8,11-12,21,23,30,32H,5-7,9-10,13-17H2,1-4H3. The average molecular weight is 486 g/mol. The molecular formula is C26H39N5O4. The molecule has 1 fully saturated rings. The number of likely N-dealkylation sites (N-methyl/N-ethyl adjacent to an activating group) is 1. The summed E-state index contributed by atoms with van der Waals surface area (Å²) in [6, 6.07) is 5.63. The van der Waals surface area contributed by atoms with Crippen LogP contribution in [0.25, 0.3) is 11.5 Å². The molecule has 0 spiro atoms.